The summed E-state index contributed by atoms with van der Waals surface area (Å²) in [6, 6.07) is 0. The van der Waals surface area contributed by atoms with E-state index in [2.05, 4.69) is 43.4 Å². The lowest BCUT2D eigenvalue weighted by atomic mass is 9.70. The Hall–Kier alpha value is 0.160. The lowest BCUT2D eigenvalue weighted by molar-refractivity contribution is -0.180. The molecule has 0 aliphatic heterocycles. The number of esters is 1. The molecule has 4 unspecified atom stereocenters. The summed E-state index contributed by atoms with van der Waals surface area (Å²) in [6.45, 7) is 10.9. The van der Waals surface area contributed by atoms with Crippen molar-refractivity contribution in [3.05, 3.63) is 0 Å². The number of ether oxygens (including phenoxy) is 2. The van der Waals surface area contributed by atoms with Gasteiger partial charge in [-0.1, -0.05) is 50.3 Å². The van der Waals surface area contributed by atoms with Gasteiger partial charge in [-0.25, -0.2) is 0 Å². The van der Waals surface area contributed by atoms with Crippen LogP contribution in [0.2, 0.25) is 0 Å². The molecule has 116 valence electrons. The monoisotopic (exact) mass is 394 g/mol. The number of halogens is 1. The summed E-state index contributed by atoms with van der Waals surface area (Å²) in [5.74, 6) is 0.574. The van der Waals surface area contributed by atoms with E-state index in [1.807, 2.05) is 13.8 Å². The van der Waals surface area contributed by atoms with Gasteiger partial charge >= 0.3 is 5.97 Å². The molecule has 3 nitrogen and oxygen atoms in total. The number of carbonyl (C=O) groups is 1. The molecule has 0 saturated heterocycles. The van der Waals surface area contributed by atoms with E-state index in [4.69, 9.17) is 9.47 Å². The highest BCUT2D eigenvalue weighted by molar-refractivity contribution is 14.1. The number of alkyl halides is 1. The number of hydrogen-bond acceptors (Lipinski definition) is 3. The summed E-state index contributed by atoms with van der Waals surface area (Å²) in [5, 5.41) is 0. The van der Waals surface area contributed by atoms with Crippen molar-refractivity contribution in [2.45, 2.75) is 69.8 Å². The van der Waals surface area contributed by atoms with Crippen LogP contribution in [0.5, 0.6) is 0 Å². The molecule has 0 aromatic rings. The van der Waals surface area contributed by atoms with E-state index in [-0.39, 0.29) is 29.7 Å². The van der Waals surface area contributed by atoms with Crippen LogP contribution in [0.25, 0.3) is 0 Å². The Balaban J connectivity index is 1.90. The summed E-state index contributed by atoms with van der Waals surface area (Å²) in [7, 11) is 0. The van der Waals surface area contributed by atoms with Crippen molar-refractivity contribution in [2.24, 2.45) is 16.7 Å². The lowest BCUT2D eigenvalue weighted by Crippen LogP contribution is -2.43. The summed E-state index contributed by atoms with van der Waals surface area (Å²) >= 11 is 2.15. The molecule has 4 heteroatoms. The molecule has 20 heavy (non-hydrogen) atoms. The van der Waals surface area contributed by atoms with Crippen LogP contribution in [0.1, 0.15) is 60.3 Å². The van der Waals surface area contributed by atoms with Gasteiger partial charge in [0.25, 0.3) is 0 Å². The third kappa shape index (κ3) is 2.74. The van der Waals surface area contributed by atoms with Crippen molar-refractivity contribution in [3.63, 3.8) is 0 Å². The predicted octanol–water partition coefficient (Wildman–Crippen LogP) is 4.32. The van der Waals surface area contributed by atoms with Crippen LogP contribution in [-0.2, 0) is 14.3 Å². The molecule has 0 spiro atoms. The highest BCUT2D eigenvalue weighted by Crippen LogP contribution is 2.63. The highest BCUT2D eigenvalue weighted by Gasteiger charge is 2.60. The minimum absolute atomic E-state index is 0.0911. The van der Waals surface area contributed by atoms with Crippen LogP contribution in [-0.4, -0.2) is 22.3 Å². The number of carbonyl (C=O) groups excluding carboxylic acids is 1. The Kier molecular flexibility index (Phi) is 4.48. The maximum Gasteiger partial charge on any atom is 0.323 e. The minimum Gasteiger partial charge on any atom is -0.437 e. The highest BCUT2D eigenvalue weighted by atomic mass is 127. The smallest absolute Gasteiger partial charge is 0.323 e. The molecule has 0 aromatic carbocycles. The van der Waals surface area contributed by atoms with Crippen LogP contribution < -0.4 is 0 Å². The molecule has 0 N–H and O–H groups in total. The first-order chi connectivity index (χ1) is 9.13. The van der Waals surface area contributed by atoms with Crippen molar-refractivity contribution in [3.8, 4) is 0 Å². The van der Waals surface area contributed by atoms with Crippen molar-refractivity contribution >= 4 is 28.6 Å². The molecule has 2 aliphatic carbocycles. The van der Waals surface area contributed by atoms with Crippen molar-refractivity contribution < 1.29 is 14.3 Å². The molecule has 0 heterocycles. The molecule has 2 aliphatic rings. The van der Waals surface area contributed by atoms with Gasteiger partial charge in [0.05, 0.1) is 6.10 Å². The maximum absolute atomic E-state index is 12.0. The molecule has 0 radical (unpaired) electrons. The van der Waals surface area contributed by atoms with E-state index >= 15 is 0 Å². The summed E-state index contributed by atoms with van der Waals surface area (Å²) in [6.07, 6.45) is 4.76. The van der Waals surface area contributed by atoms with Gasteiger partial charge in [0.15, 0.2) is 6.79 Å². The van der Waals surface area contributed by atoms with Gasteiger partial charge in [-0.3, -0.25) is 4.79 Å². The lowest BCUT2D eigenvalue weighted by Gasteiger charge is -2.42. The SMILES string of the molecule is CCC(C)(I)C(=O)OCOC1C2(C)CCC(C2)C1(C)C. The standard InChI is InChI=1S/C16H27IO3/c1-6-16(5,17)13(18)20-10-19-12-14(2,3)11-7-8-15(12,4)9-11/h11-12H,6-10H2,1-5H3. The third-order valence-corrected chi connectivity index (χ3v) is 6.86. The quantitative estimate of drug-likeness (QED) is 0.302. The van der Waals surface area contributed by atoms with Gasteiger partial charge in [0.1, 0.15) is 3.42 Å². The topological polar surface area (TPSA) is 35.5 Å². The van der Waals surface area contributed by atoms with Gasteiger partial charge < -0.3 is 9.47 Å². The zero-order valence-corrected chi connectivity index (χ0v) is 15.5. The van der Waals surface area contributed by atoms with Crippen molar-refractivity contribution in [1.29, 1.82) is 0 Å². The van der Waals surface area contributed by atoms with E-state index in [1.54, 1.807) is 0 Å². The zero-order chi connectivity index (χ0) is 15.2. The fourth-order valence-electron chi connectivity index (χ4n) is 4.12. The molecule has 0 aromatic heterocycles. The second kappa shape index (κ2) is 5.41. The first kappa shape index (κ1) is 16.5. The van der Waals surface area contributed by atoms with E-state index in [9.17, 15) is 4.79 Å². The van der Waals surface area contributed by atoms with E-state index in [0.717, 1.165) is 12.3 Å². The van der Waals surface area contributed by atoms with Gasteiger partial charge in [-0.2, -0.15) is 0 Å². The molecular weight excluding hydrogens is 367 g/mol. The molecule has 2 fully saturated rings. The van der Waals surface area contributed by atoms with E-state index < -0.39 is 3.42 Å². The van der Waals surface area contributed by atoms with Crippen LogP contribution in [0.4, 0.5) is 0 Å². The molecule has 2 rings (SSSR count). The molecular formula is C16H27IO3. The number of rotatable bonds is 5. The van der Waals surface area contributed by atoms with Crippen LogP contribution >= 0.6 is 22.6 Å². The molecule has 4 atom stereocenters. The van der Waals surface area contributed by atoms with E-state index in [0.29, 0.717) is 0 Å². The normalized spacial score (nSPS) is 37.7. The summed E-state index contributed by atoms with van der Waals surface area (Å²) in [5.41, 5.74) is 0.455. The van der Waals surface area contributed by atoms with Gasteiger partial charge in [0, 0.05) is 0 Å². The van der Waals surface area contributed by atoms with E-state index in [1.165, 1.54) is 19.3 Å². The van der Waals surface area contributed by atoms with Crippen LogP contribution in [0, 0.1) is 16.7 Å². The zero-order valence-electron chi connectivity index (χ0n) is 13.3. The van der Waals surface area contributed by atoms with Gasteiger partial charge in [0.2, 0.25) is 0 Å². The fraction of sp³-hybridized carbons (Fsp3) is 0.938. The molecule has 2 saturated carbocycles. The first-order valence-electron chi connectivity index (χ1n) is 7.61. The average molecular weight is 394 g/mol. The van der Waals surface area contributed by atoms with Crippen molar-refractivity contribution in [2.75, 3.05) is 6.79 Å². The Morgan fingerprint density at radius 1 is 1.40 bits per heavy atom. The van der Waals surface area contributed by atoms with Crippen LogP contribution in [0.3, 0.4) is 0 Å². The van der Waals surface area contributed by atoms with Crippen LogP contribution in [0.15, 0.2) is 0 Å². The Bertz CT molecular complexity index is 386. The Labute approximate surface area is 136 Å². The summed E-state index contributed by atoms with van der Waals surface area (Å²) in [4.78, 5) is 12.0. The second-order valence-electron chi connectivity index (χ2n) is 7.56. The predicted molar refractivity (Wildman–Crippen MR) is 87.8 cm³/mol. The third-order valence-electron chi connectivity index (χ3n) is 5.65. The minimum atomic E-state index is -0.449. The summed E-state index contributed by atoms with van der Waals surface area (Å²) < 4.78 is 10.9. The fourth-order valence-corrected chi connectivity index (χ4v) is 4.28. The van der Waals surface area contributed by atoms with Gasteiger partial charge in [-0.15, -0.1) is 0 Å². The maximum atomic E-state index is 12.0. The Morgan fingerprint density at radius 2 is 2.05 bits per heavy atom. The number of fused-ring (bicyclic) bond motifs is 2. The first-order valence-corrected chi connectivity index (χ1v) is 8.69. The van der Waals surface area contributed by atoms with Crippen molar-refractivity contribution in [1.82, 2.24) is 0 Å². The molecule has 2 bridgehead atoms. The molecule has 0 amide bonds. The van der Waals surface area contributed by atoms with Gasteiger partial charge in [-0.05, 0) is 49.4 Å². The number of hydrogen-bond donors (Lipinski definition) is 0. The Morgan fingerprint density at radius 3 is 2.55 bits per heavy atom. The average Bonchev–Trinajstić information content (AvgIpc) is 2.84. The largest absolute Gasteiger partial charge is 0.437 e. The second-order valence-corrected chi connectivity index (χ2v) is 9.94.